The van der Waals surface area contributed by atoms with Crippen molar-refractivity contribution in [1.29, 1.82) is 0 Å². The zero-order chi connectivity index (χ0) is 42.6. The van der Waals surface area contributed by atoms with Crippen LogP contribution in [0.15, 0.2) is 107 Å². The van der Waals surface area contributed by atoms with Crippen LogP contribution in [0.1, 0.15) is 130 Å². The molecule has 8 heteroatoms. The Morgan fingerprint density at radius 3 is 0.783 bits per heavy atom. The molecule has 0 amide bonds. The first-order valence-corrected chi connectivity index (χ1v) is 21.1. The Hall–Kier alpha value is -3.41. The molecule has 0 unspecified atom stereocenters. The standard InChI is InChI=1S/4C9H13.2C8H10O3.2Ti/c4*1-2-3-6-9-7-4-5-8-9;2*1-10-6-4-3-5-7(11-2)8(6)9;;/h4*4,7H,2-3,5-6H2,1H3;2*3-5,9H,1-2H3;;/q4*-1;;;2*+2/p-2. The maximum atomic E-state index is 11.2. The Bertz CT molecular complexity index is 1410. The maximum Gasteiger partial charge on any atom is 2.00 e. The van der Waals surface area contributed by atoms with Gasteiger partial charge in [0.05, 0.1) is 28.4 Å². The fourth-order valence-electron chi connectivity index (χ4n) is 5.59. The molecule has 0 spiro atoms. The smallest absolute Gasteiger partial charge is 0.867 e. The molecule has 0 N–H and O–H groups in total. The minimum atomic E-state index is -0.211. The minimum absolute atomic E-state index is 0. The van der Waals surface area contributed by atoms with Crippen LogP contribution < -0.4 is 29.2 Å². The number of hydrogen-bond donors (Lipinski definition) is 0. The first-order chi connectivity index (χ1) is 28.3. The van der Waals surface area contributed by atoms with Gasteiger partial charge in [-0.2, -0.15) is 24.3 Å². The van der Waals surface area contributed by atoms with E-state index in [1.807, 2.05) is 0 Å². The zero-order valence-corrected chi connectivity index (χ0v) is 41.0. The molecule has 0 saturated carbocycles. The van der Waals surface area contributed by atoms with Crippen molar-refractivity contribution in [2.75, 3.05) is 28.4 Å². The normalized spacial score (nSPS) is 13.2. The number of methoxy groups -OCH3 is 4. The van der Waals surface area contributed by atoms with Crippen LogP contribution in [0.3, 0.4) is 0 Å². The summed E-state index contributed by atoms with van der Waals surface area (Å²) in [4.78, 5) is 0. The van der Waals surface area contributed by atoms with E-state index in [0.717, 1.165) is 25.7 Å². The molecule has 0 saturated heterocycles. The summed E-state index contributed by atoms with van der Waals surface area (Å²) in [5, 5.41) is 22.4. The molecular formula is C52H70O6Ti2-2. The Morgan fingerprint density at radius 1 is 0.417 bits per heavy atom. The molecule has 6 rings (SSSR count). The molecule has 0 bridgehead atoms. The van der Waals surface area contributed by atoms with Gasteiger partial charge >= 0.3 is 43.4 Å². The molecule has 0 aliphatic heterocycles. The molecule has 324 valence electrons. The van der Waals surface area contributed by atoms with E-state index in [1.54, 1.807) is 36.4 Å². The van der Waals surface area contributed by atoms with E-state index < -0.39 is 0 Å². The second kappa shape index (κ2) is 39.7. The molecule has 2 aromatic rings. The average Bonchev–Trinajstić information content (AvgIpc) is 4.12. The maximum absolute atomic E-state index is 11.2. The van der Waals surface area contributed by atoms with E-state index in [-0.39, 0.29) is 54.9 Å². The van der Waals surface area contributed by atoms with Gasteiger partial charge in [-0.25, -0.2) is 46.6 Å². The molecule has 0 heterocycles. The van der Waals surface area contributed by atoms with E-state index >= 15 is 0 Å². The summed E-state index contributed by atoms with van der Waals surface area (Å²) in [6.07, 6.45) is 50.1. The average molecular weight is 887 g/mol. The molecule has 4 aliphatic rings. The van der Waals surface area contributed by atoms with Crippen molar-refractivity contribution in [3.63, 3.8) is 0 Å². The van der Waals surface area contributed by atoms with Gasteiger partial charge in [-0.1, -0.05) is 117 Å². The van der Waals surface area contributed by atoms with Crippen LogP contribution in [0.5, 0.6) is 34.5 Å². The van der Waals surface area contributed by atoms with Gasteiger partial charge in [0.15, 0.2) is 0 Å². The first kappa shape index (κ1) is 58.7. The van der Waals surface area contributed by atoms with Crippen molar-refractivity contribution in [3.8, 4) is 34.5 Å². The predicted molar refractivity (Wildman–Crippen MR) is 238 cm³/mol. The fraction of sp³-hybridized carbons (Fsp3) is 0.462. The van der Waals surface area contributed by atoms with Crippen LogP contribution in [-0.4, -0.2) is 28.4 Å². The number of allylic oxidation sites excluding steroid dienone is 16. The van der Waals surface area contributed by atoms with Gasteiger partial charge in [0.1, 0.15) is 23.0 Å². The molecule has 0 aromatic heterocycles. The summed E-state index contributed by atoms with van der Waals surface area (Å²) in [5.74, 6) is 0.817. The van der Waals surface area contributed by atoms with E-state index in [0.29, 0.717) is 23.0 Å². The van der Waals surface area contributed by atoms with E-state index in [9.17, 15) is 10.2 Å². The third-order valence-electron chi connectivity index (χ3n) is 9.03. The van der Waals surface area contributed by atoms with Crippen molar-refractivity contribution < 1.29 is 72.6 Å². The summed E-state index contributed by atoms with van der Waals surface area (Å²) < 4.78 is 19.2. The summed E-state index contributed by atoms with van der Waals surface area (Å²) in [7, 11) is 5.82. The van der Waals surface area contributed by atoms with Gasteiger partial charge in [0.25, 0.3) is 0 Å². The van der Waals surface area contributed by atoms with Crippen LogP contribution in [0.4, 0.5) is 0 Å². The second-order valence-electron chi connectivity index (χ2n) is 13.6. The Labute approximate surface area is 395 Å². The van der Waals surface area contributed by atoms with Crippen molar-refractivity contribution in [1.82, 2.24) is 0 Å². The number of ether oxygens (including phenoxy) is 4. The summed E-state index contributed by atoms with van der Waals surface area (Å²) in [6.45, 7) is 8.89. The fourth-order valence-corrected chi connectivity index (χ4v) is 5.59. The summed E-state index contributed by atoms with van der Waals surface area (Å²) in [6, 6.07) is 9.82. The Kier molecular flexibility index (Phi) is 38.8. The minimum Gasteiger partial charge on any atom is -0.867 e. The van der Waals surface area contributed by atoms with Gasteiger partial charge in [0.2, 0.25) is 0 Å². The SMILES string of the molecule is CCCCC1=[C-]CC=C1.CCCCC1=[C-]CC=C1.CCCCC1=[C-]CC=C1.CCCCC1=[C-]CC=C1.COc1cccc(OC)c1[O-].COc1cccc(OC)c1[O-].[Ti+2].[Ti+2]. The molecular weight excluding hydrogens is 816 g/mol. The number of unbranched alkanes of at least 4 members (excludes halogenated alkanes) is 4. The van der Waals surface area contributed by atoms with Crippen molar-refractivity contribution in [2.45, 2.75) is 130 Å². The number of rotatable bonds is 16. The van der Waals surface area contributed by atoms with E-state index in [1.165, 1.54) is 128 Å². The Balaban J connectivity index is 0. The van der Waals surface area contributed by atoms with Crippen molar-refractivity contribution in [2.24, 2.45) is 0 Å². The van der Waals surface area contributed by atoms with Gasteiger partial charge in [-0.15, -0.1) is 25.7 Å². The van der Waals surface area contributed by atoms with Gasteiger partial charge in [-0.05, 0) is 35.8 Å². The topological polar surface area (TPSA) is 83.0 Å². The van der Waals surface area contributed by atoms with Gasteiger partial charge in [-0.3, -0.25) is 24.3 Å². The van der Waals surface area contributed by atoms with Crippen LogP contribution in [0.2, 0.25) is 0 Å². The monoisotopic (exact) mass is 886 g/mol. The molecule has 6 nitrogen and oxygen atoms in total. The molecule has 60 heavy (non-hydrogen) atoms. The van der Waals surface area contributed by atoms with E-state index in [2.05, 4.69) is 101 Å². The number of hydrogen-bond acceptors (Lipinski definition) is 6. The largest absolute Gasteiger partial charge is 2.00 e. The van der Waals surface area contributed by atoms with Crippen molar-refractivity contribution >= 4 is 0 Å². The molecule has 2 aromatic carbocycles. The number of para-hydroxylation sites is 2. The summed E-state index contributed by atoms with van der Waals surface area (Å²) in [5.41, 5.74) is 5.66. The molecule has 0 radical (unpaired) electrons. The quantitative estimate of drug-likeness (QED) is 0.123. The second-order valence-corrected chi connectivity index (χ2v) is 13.6. The Morgan fingerprint density at radius 2 is 0.633 bits per heavy atom. The van der Waals surface area contributed by atoms with Crippen LogP contribution in [0, 0.1) is 24.3 Å². The van der Waals surface area contributed by atoms with E-state index in [4.69, 9.17) is 18.9 Å². The first-order valence-electron chi connectivity index (χ1n) is 21.1. The van der Waals surface area contributed by atoms with Gasteiger partial charge in [0, 0.05) is 0 Å². The third kappa shape index (κ3) is 26.7. The number of benzene rings is 2. The molecule has 0 fully saturated rings. The van der Waals surface area contributed by atoms with Crippen LogP contribution in [-0.2, 0) is 43.4 Å². The van der Waals surface area contributed by atoms with Crippen LogP contribution in [0.25, 0.3) is 0 Å². The molecule has 0 atom stereocenters. The third-order valence-corrected chi connectivity index (χ3v) is 9.03. The predicted octanol–water partition coefficient (Wildman–Crippen LogP) is 13.0. The summed E-state index contributed by atoms with van der Waals surface area (Å²) >= 11 is 0. The van der Waals surface area contributed by atoms with Gasteiger partial charge < -0.3 is 29.2 Å². The molecule has 4 aliphatic carbocycles. The zero-order valence-electron chi connectivity index (χ0n) is 37.8. The van der Waals surface area contributed by atoms with Crippen LogP contribution >= 0.6 is 0 Å². The van der Waals surface area contributed by atoms with Crippen molar-refractivity contribution in [3.05, 3.63) is 132 Å².